The molecule has 0 radical (unpaired) electrons. The molecular formula is C27H21ClF2N4O3. The lowest BCUT2D eigenvalue weighted by Crippen LogP contribution is -2.36. The number of hydrogen-bond donors (Lipinski definition) is 2. The number of ether oxygens (including phenoxy) is 1. The van der Waals surface area contributed by atoms with Gasteiger partial charge >= 0.3 is 6.03 Å². The first-order chi connectivity index (χ1) is 17.9. The maximum Gasteiger partial charge on any atom is 0.323 e. The van der Waals surface area contributed by atoms with Crippen LogP contribution in [0.25, 0.3) is 10.9 Å². The summed E-state index contributed by atoms with van der Waals surface area (Å²) in [7, 11) is 0. The van der Waals surface area contributed by atoms with E-state index in [9.17, 15) is 18.4 Å². The summed E-state index contributed by atoms with van der Waals surface area (Å²) < 4.78 is 34.5. The number of anilines is 3. The summed E-state index contributed by atoms with van der Waals surface area (Å²) in [5.41, 5.74) is 1.52. The van der Waals surface area contributed by atoms with Gasteiger partial charge in [-0.1, -0.05) is 17.7 Å². The molecule has 0 aliphatic carbocycles. The SMILES string of the molecule is O=C(Nc1cccc(Cl)c1)Nc1cc(F)c(F)c(C(=O)c2ccc3ncc(N4CCOCC4)cc3c2)c1. The lowest BCUT2D eigenvalue weighted by molar-refractivity contribution is 0.103. The van der Waals surface area contributed by atoms with Gasteiger partial charge in [0.25, 0.3) is 0 Å². The van der Waals surface area contributed by atoms with Crippen LogP contribution in [0.5, 0.6) is 0 Å². The van der Waals surface area contributed by atoms with E-state index in [4.69, 9.17) is 16.3 Å². The van der Waals surface area contributed by atoms with Crippen LogP contribution in [0, 0.1) is 11.6 Å². The Bertz CT molecular complexity index is 1510. The lowest BCUT2D eigenvalue weighted by atomic mass is 10.00. The van der Waals surface area contributed by atoms with E-state index >= 15 is 0 Å². The number of halogens is 3. The van der Waals surface area contributed by atoms with Crippen LogP contribution in [0.1, 0.15) is 15.9 Å². The molecule has 0 saturated carbocycles. The summed E-state index contributed by atoms with van der Waals surface area (Å²) in [6, 6.07) is 14.3. The van der Waals surface area contributed by atoms with E-state index in [0.29, 0.717) is 34.8 Å². The van der Waals surface area contributed by atoms with Crippen molar-refractivity contribution in [3.63, 3.8) is 0 Å². The molecule has 4 aromatic rings. The number of carbonyl (C=O) groups is 2. The number of nitrogens with one attached hydrogen (secondary N) is 2. The second-order valence-corrected chi connectivity index (χ2v) is 8.88. The van der Waals surface area contributed by atoms with Crippen molar-refractivity contribution in [2.24, 2.45) is 0 Å². The number of amides is 2. The summed E-state index contributed by atoms with van der Waals surface area (Å²) in [4.78, 5) is 32.2. The Hall–Kier alpha value is -4.08. The zero-order chi connectivity index (χ0) is 25.9. The fourth-order valence-electron chi connectivity index (χ4n) is 4.10. The second-order valence-electron chi connectivity index (χ2n) is 8.44. The molecule has 188 valence electrons. The number of fused-ring (bicyclic) bond motifs is 1. The van der Waals surface area contributed by atoms with Crippen molar-refractivity contribution in [3.05, 3.63) is 94.6 Å². The van der Waals surface area contributed by atoms with Crippen LogP contribution in [0.15, 0.2) is 66.9 Å². The Morgan fingerprint density at radius 3 is 2.51 bits per heavy atom. The first-order valence-electron chi connectivity index (χ1n) is 11.5. The smallest absolute Gasteiger partial charge is 0.323 e. The molecule has 0 atom stereocenters. The van der Waals surface area contributed by atoms with Gasteiger partial charge in [-0.25, -0.2) is 13.6 Å². The third-order valence-corrected chi connectivity index (χ3v) is 6.15. The molecule has 1 aromatic heterocycles. The fourth-order valence-corrected chi connectivity index (χ4v) is 4.29. The van der Waals surface area contributed by atoms with E-state index in [1.165, 1.54) is 12.1 Å². The number of benzene rings is 3. The predicted molar refractivity (Wildman–Crippen MR) is 139 cm³/mol. The lowest BCUT2D eigenvalue weighted by Gasteiger charge is -2.28. The highest BCUT2D eigenvalue weighted by Gasteiger charge is 2.21. The highest BCUT2D eigenvalue weighted by Crippen LogP contribution is 2.26. The Balaban J connectivity index is 1.40. The van der Waals surface area contributed by atoms with Crippen LogP contribution in [-0.2, 0) is 4.74 Å². The monoisotopic (exact) mass is 522 g/mol. The largest absolute Gasteiger partial charge is 0.378 e. The number of pyridine rings is 1. The van der Waals surface area contributed by atoms with E-state index < -0.39 is 29.0 Å². The average molecular weight is 523 g/mol. The van der Waals surface area contributed by atoms with Crippen molar-refractivity contribution in [2.45, 2.75) is 0 Å². The molecule has 7 nitrogen and oxygen atoms in total. The van der Waals surface area contributed by atoms with Gasteiger partial charge in [0.05, 0.1) is 36.2 Å². The second kappa shape index (κ2) is 10.5. The van der Waals surface area contributed by atoms with Crippen molar-refractivity contribution < 1.29 is 23.1 Å². The zero-order valence-electron chi connectivity index (χ0n) is 19.4. The minimum atomic E-state index is -1.30. The van der Waals surface area contributed by atoms with Crippen molar-refractivity contribution >= 4 is 51.4 Å². The van der Waals surface area contributed by atoms with Crippen molar-refractivity contribution in [1.82, 2.24) is 4.98 Å². The first-order valence-corrected chi connectivity index (χ1v) is 11.8. The van der Waals surface area contributed by atoms with Gasteiger partial charge in [0.1, 0.15) is 0 Å². The molecule has 2 heterocycles. The van der Waals surface area contributed by atoms with Crippen LogP contribution in [0.4, 0.5) is 30.6 Å². The Morgan fingerprint density at radius 2 is 1.73 bits per heavy atom. The van der Waals surface area contributed by atoms with Gasteiger partial charge in [0.2, 0.25) is 0 Å². The van der Waals surface area contributed by atoms with Crippen molar-refractivity contribution in [3.8, 4) is 0 Å². The number of aromatic nitrogens is 1. The molecule has 1 saturated heterocycles. The summed E-state index contributed by atoms with van der Waals surface area (Å²) in [6.07, 6.45) is 1.76. The Kier molecular flexibility index (Phi) is 6.98. The van der Waals surface area contributed by atoms with E-state index in [2.05, 4.69) is 20.5 Å². The van der Waals surface area contributed by atoms with Crippen LogP contribution >= 0.6 is 11.6 Å². The van der Waals surface area contributed by atoms with Crippen LogP contribution in [0.3, 0.4) is 0 Å². The van der Waals surface area contributed by atoms with E-state index in [1.54, 1.807) is 36.5 Å². The molecule has 2 amide bonds. The molecule has 5 rings (SSSR count). The molecule has 1 aliphatic heterocycles. The number of nitrogens with zero attached hydrogens (tertiary/aromatic N) is 2. The van der Waals surface area contributed by atoms with Gasteiger partial charge in [0.15, 0.2) is 17.4 Å². The van der Waals surface area contributed by atoms with Gasteiger partial charge in [0, 0.05) is 46.5 Å². The van der Waals surface area contributed by atoms with Gasteiger partial charge in [-0.2, -0.15) is 0 Å². The van der Waals surface area contributed by atoms with Crippen LogP contribution in [-0.4, -0.2) is 43.1 Å². The first kappa shape index (κ1) is 24.6. The van der Waals surface area contributed by atoms with Gasteiger partial charge in [-0.15, -0.1) is 0 Å². The highest BCUT2D eigenvalue weighted by molar-refractivity contribution is 6.30. The number of hydrogen-bond acceptors (Lipinski definition) is 5. The molecule has 37 heavy (non-hydrogen) atoms. The zero-order valence-corrected chi connectivity index (χ0v) is 20.2. The fraction of sp³-hybridized carbons (Fsp3) is 0.148. The molecule has 0 spiro atoms. The van der Waals surface area contributed by atoms with E-state index in [-0.39, 0.29) is 11.3 Å². The number of carbonyl (C=O) groups excluding carboxylic acids is 2. The number of urea groups is 1. The maximum absolute atomic E-state index is 14.7. The highest BCUT2D eigenvalue weighted by atomic mass is 35.5. The van der Waals surface area contributed by atoms with Gasteiger partial charge < -0.3 is 20.3 Å². The van der Waals surface area contributed by atoms with E-state index in [0.717, 1.165) is 30.9 Å². The number of rotatable bonds is 5. The molecular weight excluding hydrogens is 502 g/mol. The molecule has 0 unspecified atom stereocenters. The Labute approximate surface area is 216 Å². The maximum atomic E-state index is 14.7. The predicted octanol–water partition coefficient (Wildman–Crippen LogP) is 5.88. The Morgan fingerprint density at radius 1 is 0.946 bits per heavy atom. The average Bonchev–Trinajstić information content (AvgIpc) is 2.90. The standard InChI is InChI=1S/C27H21ClF2N4O3/c28-18-2-1-3-19(12-18)32-27(36)33-20-13-22(25(30)23(29)14-20)26(35)16-4-5-24-17(10-16)11-21(15-31-24)34-6-8-37-9-7-34/h1-5,10-15H,6-9H2,(H2,32,33,36). The summed E-state index contributed by atoms with van der Waals surface area (Å²) in [6.45, 7) is 2.67. The van der Waals surface area contributed by atoms with Gasteiger partial charge in [-0.3, -0.25) is 9.78 Å². The number of morpholine rings is 1. The molecule has 1 aliphatic rings. The van der Waals surface area contributed by atoms with Crippen LogP contribution in [0.2, 0.25) is 5.02 Å². The third-order valence-electron chi connectivity index (χ3n) is 5.92. The summed E-state index contributed by atoms with van der Waals surface area (Å²) in [5.74, 6) is -3.29. The summed E-state index contributed by atoms with van der Waals surface area (Å²) in [5, 5.41) is 6.07. The molecule has 1 fully saturated rings. The molecule has 0 bridgehead atoms. The normalized spacial score (nSPS) is 13.4. The topological polar surface area (TPSA) is 83.6 Å². The minimum absolute atomic E-state index is 0.0844. The third kappa shape index (κ3) is 5.52. The quantitative estimate of drug-likeness (QED) is 0.320. The molecule has 2 N–H and O–H groups in total. The van der Waals surface area contributed by atoms with Gasteiger partial charge in [-0.05, 0) is 48.5 Å². The van der Waals surface area contributed by atoms with Crippen molar-refractivity contribution in [2.75, 3.05) is 41.8 Å². The molecule has 3 aromatic carbocycles. The van der Waals surface area contributed by atoms with E-state index in [1.807, 2.05) is 6.07 Å². The van der Waals surface area contributed by atoms with Crippen LogP contribution < -0.4 is 15.5 Å². The van der Waals surface area contributed by atoms with Crippen molar-refractivity contribution in [1.29, 1.82) is 0 Å². The summed E-state index contributed by atoms with van der Waals surface area (Å²) >= 11 is 5.91. The minimum Gasteiger partial charge on any atom is -0.378 e. The number of ketones is 1. The molecule has 10 heteroatoms.